The first-order valence-corrected chi connectivity index (χ1v) is 12.7. The summed E-state index contributed by atoms with van der Waals surface area (Å²) in [5, 5.41) is 4.76. The Kier molecular flexibility index (Phi) is 9.27. The largest absolute Gasteiger partial charge is 0.496 e. The highest BCUT2D eigenvalue weighted by Crippen LogP contribution is 2.45. The van der Waals surface area contributed by atoms with Gasteiger partial charge in [-0.3, -0.25) is 4.79 Å². The zero-order valence-corrected chi connectivity index (χ0v) is 23.4. The second-order valence-electron chi connectivity index (χ2n) is 8.46. The molecule has 9 nitrogen and oxygen atoms in total. The highest BCUT2D eigenvalue weighted by molar-refractivity contribution is 6.42. The van der Waals surface area contributed by atoms with E-state index in [1.54, 1.807) is 58.8 Å². The average molecular weight is 575 g/mol. The van der Waals surface area contributed by atoms with E-state index >= 15 is 0 Å². The van der Waals surface area contributed by atoms with E-state index in [1.165, 1.54) is 6.21 Å². The van der Waals surface area contributed by atoms with E-state index in [9.17, 15) is 4.79 Å². The maximum atomic E-state index is 12.3. The summed E-state index contributed by atoms with van der Waals surface area (Å²) in [6.45, 7) is -0.267. The van der Waals surface area contributed by atoms with Crippen molar-refractivity contribution in [2.24, 2.45) is 5.10 Å². The number of benzene rings is 3. The van der Waals surface area contributed by atoms with Gasteiger partial charge in [0, 0.05) is 17.7 Å². The molecule has 1 heterocycles. The van der Waals surface area contributed by atoms with Gasteiger partial charge >= 0.3 is 0 Å². The van der Waals surface area contributed by atoms with Crippen molar-refractivity contribution in [1.82, 2.24) is 5.43 Å². The minimum atomic E-state index is -0.445. The van der Waals surface area contributed by atoms with Gasteiger partial charge in [0.1, 0.15) is 23.4 Å². The Bertz CT molecular complexity index is 1360. The predicted octanol–water partition coefficient (Wildman–Crippen LogP) is 5.62. The number of rotatable bonds is 10. The van der Waals surface area contributed by atoms with Crippen LogP contribution in [0, 0.1) is 0 Å². The summed E-state index contributed by atoms with van der Waals surface area (Å²) in [6, 6.07) is 12.2. The van der Waals surface area contributed by atoms with Crippen LogP contribution in [0.2, 0.25) is 10.0 Å². The number of nitrogens with one attached hydrogen (secondary N) is 1. The van der Waals surface area contributed by atoms with E-state index in [1.807, 2.05) is 12.1 Å². The van der Waals surface area contributed by atoms with Gasteiger partial charge in [0.05, 0.1) is 44.7 Å². The highest BCUT2D eigenvalue weighted by atomic mass is 35.5. The van der Waals surface area contributed by atoms with Crippen molar-refractivity contribution in [2.45, 2.75) is 18.9 Å². The molecule has 1 atom stereocenters. The molecule has 3 aromatic carbocycles. The summed E-state index contributed by atoms with van der Waals surface area (Å²) >= 11 is 11.9. The molecular formula is C28H28Cl2N2O7. The lowest BCUT2D eigenvalue weighted by atomic mass is 9.96. The number of carbonyl (C=O) groups excluding carboxylic acids is 1. The van der Waals surface area contributed by atoms with Gasteiger partial charge in [-0.2, -0.15) is 5.10 Å². The molecule has 0 spiro atoms. The highest BCUT2D eigenvalue weighted by Gasteiger charge is 2.27. The minimum Gasteiger partial charge on any atom is -0.496 e. The summed E-state index contributed by atoms with van der Waals surface area (Å²) in [5.41, 5.74) is 4.90. The van der Waals surface area contributed by atoms with Gasteiger partial charge in [0.15, 0.2) is 18.1 Å². The SMILES string of the molecule is COc1cc(OCC(=O)N/N=C/c2ccc(Cl)c(Cl)c2)cc2c1CCC(c1cc(OC)c(OC)c(OC)c1)O2. The molecule has 0 aromatic heterocycles. The fourth-order valence-electron chi connectivity index (χ4n) is 4.17. The minimum absolute atomic E-state index is 0.267. The Morgan fingerprint density at radius 2 is 1.69 bits per heavy atom. The summed E-state index contributed by atoms with van der Waals surface area (Å²) < 4.78 is 34.1. The molecule has 4 rings (SSSR count). The second-order valence-corrected chi connectivity index (χ2v) is 9.28. The first-order valence-electron chi connectivity index (χ1n) is 11.9. The van der Waals surface area contributed by atoms with Crippen LogP contribution >= 0.6 is 23.2 Å². The lowest BCUT2D eigenvalue weighted by molar-refractivity contribution is -0.123. The van der Waals surface area contributed by atoms with E-state index in [4.69, 9.17) is 51.6 Å². The third-order valence-electron chi connectivity index (χ3n) is 6.06. The lowest BCUT2D eigenvalue weighted by Crippen LogP contribution is -2.24. The van der Waals surface area contributed by atoms with Crippen LogP contribution in [0.5, 0.6) is 34.5 Å². The van der Waals surface area contributed by atoms with Gasteiger partial charge in [0.2, 0.25) is 5.75 Å². The molecule has 0 saturated carbocycles. The molecule has 0 fully saturated rings. The van der Waals surface area contributed by atoms with Gasteiger partial charge in [-0.15, -0.1) is 0 Å². The normalized spacial score (nSPS) is 14.3. The van der Waals surface area contributed by atoms with Crippen LogP contribution in [0.1, 0.15) is 29.2 Å². The Labute approximate surface area is 236 Å². The molecule has 1 N–H and O–H groups in total. The van der Waals surface area contributed by atoms with Gasteiger partial charge in [-0.25, -0.2) is 5.43 Å². The van der Waals surface area contributed by atoms with Crippen molar-refractivity contribution in [2.75, 3.05) is 35.0 Å². The molecule has 1 aliphatic rings. The molecule has 0 aliphatic carbocycles. The fourth-order valence-corrected chi connectivity index (χ4v) is 4.48. The topological polar surface area (TPSA) is 96.8 Å². The predicted molar refractivity (Wildman–Crippen MR) is 148 cm³/mol. The maximum Gasteiger partial charge on any atom is 0.277 e. The van der Waals surface area contributed by atoms with Crippen LogP contribution in [-0.4, -0.2) is 47.2 Å². The van der Waals surface area contributed by atoms with Crippen molar-refractivity contribution in [3.05, 3.63) is 69.2 Å². The molecule has 1 unspecified atom stereocenters. The fraction of sp³-hybridized carbons (Fsp3) is 0.286. The molecule has 1 amide bonds. The van der Waals surface area contributed by atoms with E-state index in [0.29, 0.717) is 62.9 Å². The number of hydrogen-bond donors (Lipinski definition) is 1. The summed E-state index contributed by atoms with van der Waals surface area (Å²) in [7, 11) is 6.28. The standard InChI is InChI=1S/C28H28Cl2N2O7/c1-34-23-12-18(38-15-27(33)32-31-14-16-5-7-20(29)21(30)9-16)13-24-19(23)6-8-22(39-24)17-10-25(35-2)28(37-4)26(11-17)36-3/h5,7,9-14,22H,6,8,15H2,1-4H3,(H,32,33)/b31-14+. The van der Waals surface area contributed by atoms with Crippen molar-refractivity contribution >= 4 is 35.3 Å². The molecule has 3 aromatic rings. The number of halogens is 2. The monoisotopic (exact) mass is 574 g/mol. The van der Waals surface area contributed by atoms with Gasteiger partial charge in [-0.05, 0) is 48.2 Å². The van der Waals surface area contributed by atoms with Crippen molar-refractivity contribution in [3.63, 3.8) is 0 Å². The lowest BCUT2D eigenvalue weighted by Gasteiger charge is -2.29. The second kappa shape index (κ2) is 12.8. The maximum absolute atomic E-state index is 12.3. The van der Waals surface area contributed by atoms with Crippen LogP contribution < -0.4 is 33.8 Å². The molecule has 11 heteroatoms. The molecule has 0 bridgehead atoms. The van der Waals surface area contributed by atoms with E-state index < -0.39 is 5.91 Å². The third kappa shape index (κ3) is 6.61. The Morgan fingerprint density at radius 3 is 2.33 bits per heavy atom. The molecular weight excluding hydrogens is 547 g/mol. The van der Waals surface area contributed by atoms with Gasteiger partial charge in [-0.1, -0.05) is 29.3 Å². The smallest absolute Gasteiger partial charge is 0.277 e. The van der Waals surface area contributed by atoms with Crippen molar-refractivity contribution < 1.29 is 33.2 Å². The number of hydrogen-bond acceptors (Lipinski definition) is 8. The number of methoxy groups -OCH3 is 4. The zero-order valence-electron chi connectivity index (χ0n) is 21.9. The molecule has 0 radical (unpaired) electrons. The number of fused-ring (bicyclic) bond motifs is 1. The number of amides is 1. The molecule has 39 heavy (non-hydrogen) atoms. The zero-order chi connectivity index (χ0) is 27.9. The summed E-state index contributed by atoms with van der Waals surface area (Å²) in [5.74, 6) is 2.79. The molecule has 1 aliphatic heterocycles. The van der Waals surface area contributed by atoms with E-state index in [2.05, 4.69) is 10.5 Å². The van der Waals surface area contributed by atoms with Crippen molar-refractivity contribution in [3.8, 4) is 34.5 Å². The average Bonchev–Trinajstić information content (AvgIpc) is 2.96. The summed E-state index contributed by atoms with van der Waals surface area (Å²) in [4.78, 5) is 12.3. The van der Waals surface area contributed by atoms with E-state index in [-0.39, 0.29) is 12.7 Å². The third-order valence-corrected chi connectivity index (χ3v) is 6.80. The molecule has 206 valence electrons. The van der Waals surface area contributed by atoms with Crippen LogP contribution in [0.25, 0.3) is 0 Å². The number of hydrazone groups is 1. The van der Waals surface area contributed by atoms with Gasteiger partial charge < -0.3 is 28.4 Å². The van der Waals surface area contributed by atoms with Crippen LogP contribution in [0.4, 0.5) is 0 Å². The number of carbonyl (C=O) groups is 1. The Hall–Kier alpha value is -3.82. The molecule has 0 saturated heterocycles. The van der Waals surface area contributed by atoms with Gasteiger partial charge in [0.25, 0.3) is 5.91 Å². The van der Waals surface area contributed by atoms with Crippen molar-refractivity contribution in [1.29, 1.82) is 0 Å². The Balaban J connectivity index is 1.45. The number of ether oxygens (including phenoxy) is 6. The van der Waals surface area contributed by atoms with Crippen LogP contribution in [-0.2, 0) is 11.2 Å². The Morgan fingerprint density at radius 1 is 0.974 bits per heavy atom. The first-order chi connectivity index (χ1) is 18.9. The van der Waals surface area contributed by atoms with E-state index in [0.717, 1.165) is 11.1 Å². The van der Waals surface area contributed by atoms with Crippen LogP contribution in [0.3, 0.4) is 0 Å². The van der Waals surface area contributed by atoms with Crippen LogP contribution in [0.15, 0.2) is 47.6 Å². The first kappa shape index (κ1) is 28.2. The summed E-state index contributed by atoms with van der Waals surface area (Å²) in [6.07, 6.45) is 2.61. The quantitative estimate of drug-likeness (QED) is 0.248. The number of nitrogens with zero attached hydrogens (tertiary/aromatic N) is 1.